The first-order valence-corrected chi connectivity index (χ1v) is 7.06. The molecule has 1 saturated heterocycles. The minimum absolute atomic E-state index is 0.0758. The van der Waals surface area contributed by atoms with Gasteiger partial charge in [-0.2, -0.15) is 0 Å². The fraction of sp³-hybridized carbons (Fsp3) is 0.857. The van der Waals surface area contributed by atoms with Crippen LogP contribution in [0.4, 0.5) is 0 Å². The predicted molar refractivity (Wildman–Crippen MR) is 73.8 cm³/mol. The fourth-order valence-corrected chi connectivity index (χ4v) is 2.58. The Labute approximate surface area is 115 Å². The Morgan fingerprint density at radius 1 is 1.47 bits per heavy atom. The summed E-state index contributed by atoms with van der Waals surface area (Å²) in [4.78, 5) is 23.6. The third-order valence-corrected chi connectivity index (χ3v) is 4.17. The highest BCUT2D eigenvalue weighted by Gasteiger charge is 2.39. The largest absolute Gasteiger partial charge is 0.480 e. The Bertz CT molecular complexity index is 342. The summed E-state index contributed by atoms with van der Waals surface area (Å²) in [6, 6.07) is -1.12. The van der Waals surface area contributed by atoms with Crippen molar-refractivity contribution in [1.29, 1.82) is 0 Å². The number of hydrogen-bond acceptors (Lipinski definition) is 3. The van der Waals surface area contributed by atoms with Crippen LogP contribution in [-0.2, 0) is 9.59 Å². The summed E-state index contributed by atoms with van der Waals surface area (Å²) in [6.07, 6.45) is 2.74. The Kier molecular flexibility index (Phi) is 5.35. The molecule has 0 saturated carbocycles. The molecule has 0 aromatic carbocycles. The van der Waals surface area contributed by atoms with Crippen molar-refractivity contribution in [2.45, 2.75) is 59.0 Å². The molecule has 3 atom stereocenters. The number of rotatable bonds is 5. The van der Waals surface area contributed by atoms with Crippen molar-refractivity contribution in [2.24, 2.45) is 11.3 Å². The number of carbonyl (C=O) groups is 2. The van der Waals surface area contributed by atoms with Crippen molar-refractivity contribution in [2.75, 3.05) is 6.54 Å². The van der Waals surface area contributed by atoms with Crippen LogP contribution in [0.1, 0.15) is 47.0 Å². The van der Waals surface area contributed by atoms with Crippen molar-refractivity contribution in [3.8, 4) is 0 Å². The monoisotopic (exact) mass is 270 g/mol. The third-order valence-electron chi connectivity index (χ3n) is 4.17. The molecule has 0 radical (unpaired) electrons. The molecule has 0 aliphatic carbocycles. The van der Waals surface area contributed by atoms with Crippen LogP contribution in [0.2, 0.25) is 0 Å². The molecule has 0 spiro atoms. The second-order valence-electron chi connectivity index (χ2n) is 6.19. The van der Waals surface area contributed by atoms with Crippen LogP contribution < -0.4 is 10.6 Å². The van der Waals surface area contributed by atoms with E-state index in [-0.39, 0.29) is 23.3 Å². The maximum atomic E-state index is 12.3. The Morgan fingerprint density at radius 3 is 2.58 bits per heavy atom. The summed E-state index contributed by atoms with van der Waals surface area (Å²) in [5, 5.41) is 15.1. The predicted octanol–water partition coefficient (Wildman–Crippen LogP) is 1.38. The Hall–Kier alpha value is -1.10. The van der Waals surface area contributed by atoms with Crippen molar-refractivity contribution in [3.63, 3.8) is 0 Å². The van der Waals surface area contributed by atoms with E-state index in [9.17, 15) is 14.7 Å². The average Bonchev–Trinajstić information content (AvgIpc) is 2.33. The number of amides is 1. The van der Waals surface area contributed by atoms with E-state index in [1.54, 1.807) is 0 Å². The van der Waals surface area contributed by atoms with Crippen LogP contribution in [0.3, 0.4) is 0 Å². The van der Waals surface area contributed by atoms with Gasteiger partial charge in [0, 0.05) is 0 Å². The number of aliphatic carboxylic acids is 1. The van der Waals surface area contributed by atoms with Gasteiger partial charge in [-0.1, -0.05) is 34.1 Å². The van der Waals surface area contributed by atoms with E-state index >= 15 is 0 Å². The summed E-state index contributed by atoms with van der Waals surface area (Å²) in [6.45, 7) is 8.67. The first kappa shape index (κ1) is 16.0. The van der Waals surface area contributed by atoms with E-state index in [1.165, 1.54) is 0 Å². The van der Waals surface area contributed by atoms with Gasteiger partial charge in [0.25, 0.3) is 0 Å². The standard InChI is InChI=1S/C14H26N2O3/c1-5-9(2)10(13(18)19)16-12(17)11-14(3,4)7-6-8-15-11/h9-11,15H,5-8H2,1-4H3,(H,16,17)(H,18,19). The topological polar surface area (TPSA) is 78.4 Å². The van der Waals surface area contributed by atoms with Gasteiger partial charge in [0.05, 0.1) is 6.04 Å². The maximum Gasteiger partial charge on any atom is 0.326 e. The summed E-state index contributed by atoms with van der Waals surface area (Å²) in [5.41, 5.74) is -0.138. The quantitative estimate of drug-likeness (QED) is 0.705. The van der Waals surface area contributed by atoms with Crippen LogP contribution in [0.5, 0.6) is 0 Å². The molecule has 5 nitrogen and oxygen atoms in total. The lowest BCUT2D eigenvalue weighted by molar-refractivity contribution is -0.144. The molecule has 0 aromatic heterocycles. The molecule has 110 valence electrons. The molecule has 1 fully saturated rings. The van der Waals surface area contributed by atoms with E-state index < -0.39 is 12.0 Å². The number of carbonyl (C=O) groups excluding carboxylic acids is 1. The molecule has 1 aliphatic rings. The number of carboxylic acids is 1. The van der Waals surface area contributed by atoms with Crippen LogP contribution >= 0.6 is 0 Å². The summed E-state index contributed by atoms with van der Waals surface area (Å²) < 4.78 is 0. The minimum Gasteiger partial charge on any atom is -0.480 e. The molecule has 1 aliphatic heterocycles. The molecule has 1 rings (SSSR count). The lowest BCUT2D eigenvalue weighted by atomic mass is 9.77. The molecule has 3 N–H and O–H groups in total. The van der Waals surface area contributed by atoms with Crippen molar-refractivity contribution >= 4 is 11.9 Å². The summed E-state index contributed by atoms with van der Waals surface area (Å²) >= 11 is 0. The lowest BCUT2D eigenvalue weighted by Gasteiger charge is -2.39. The van der Waals surface area contributed by atoms with Gasteiger partial charge in [0.2, 0.25) is 5.91 Å². The van der Waals surface area contributed by atoms with Gasteiger partial charge in [-0.25, -0.2) is 4.79 Å². The van der Waals surface area contributed by atoms with Gasteiger partial charge in [0.1, 0.15) is 6.04 Å². The zero-order chi connectivity index (χ0) is 14.6. The summed E-state index contributed by atoms with van der Waals surface area (Å²) in [5.74, 6) is -1.23. The first-order valence-electron chi connectivity index (χ1n) is 7.06. The molecule has 19 heavy (non-hydrogen) atoms. The van der Waals surface area contributed by atoms with Crippen molar-refractivity contribution in [3.05, 3.63) is 0 Å². The second-order valence-corrected chi connectivity index (χ2v) is 6.19. The van der Waals surface area contributed by atoms with E-state index in [0.717, 1.165) is 25.8 Å². The molecular formula is C14H26N2O3. The second kappa shape index (κ2) is 6.37. The number of piperidine rings is 1. The van der Waals surface area contributed by atoms with Gasteiger partial charge < -0.3 is 15.7 Å². The zero-order valence-corrected chi connectivity index (χ0v) is 12.3. The molecular weight excluding hydrogens is 244 g/mol. The smallest absolute Gasteiger partial charge is 0.326 e. The van der Waals surface area contributed by atoms with Gasteiger partial charge in [-0.3, -0.25) is 4.79 Å². The molecule has 0 aromatic rings. The van der Waals surface area contributed by atoms with Gasteiger partial charge in [-0.05, 0) is 30.7 Å². The van der Waals surface area contributed by atoms with Gasteiger partial charge in [0.15, 0.2) is 0 Å². The highest BCUT2D eigenvalue weighted by atomic mass is 16.4. The van der Waals surface area contributed by atoms with Gasteiger partial charge >= 0.3 is 5.97 Å². The van der Waals surface area contributed by atoms with E-state index in [2.05, 4.69) is 10.6 Å². The number of carboxylic acid groups (broad SMARTS) is 1. The normalized spacial score (nSPS) is 25.4. The van der Waals surface area contributed by atoms with E-state index in [1.807, 2.05) is 27.7 Å². The Balaban J connectivity index is 2.73. The first-order chi connectivity index (χ1) is 8.79. The van der Waals surface area contributed by atoms with Crippen molar-refractivity contribution < 1.29 is 14.7 Å². The Morgan fingerprint density at radius 2 is 2.11 bits per heavy atom. The van der Waals surface area contributed by atoms with E-state index in [0.29, 0.717) is 0 Å². The number of hydrogen-bond donors (Lipinski definition) is 3. The minimum atomic E-state index is -0.962. The van der Waals surface area contributed by atoms with Crippen LogP contribution in [-0.4, -0.2) is 35.6 Å². The van der Waals surface area contributed by atoms with Crippen molar-refractivity contribution in [1.82, 2.24) is 10.6 Å². The van der Waals surface area contributed by atoms with Gasteiger partial charge in [-0.15, -0.1) is 0 Å². The van der Waals surface area contributed by atoms with E-state index in [4.69, 9.17) is 0 Å². The average molecular weight is 270 g/mol. The number of nitrogens with one attached hydrogen (secondary N) is 2. The molecule has 5 heteroatoms. The third kappa shape index (κ3) is 3.93. The molecule has 0 bridgehead atoms. The maximum absolute atomic E-state index is 12.3. The molecule has 1 heterocycles. The molecule has 1 amide bonds. The summed E-state index contributed by atoms with van der Waals surface area (Å²) in [7, 11) is 0. The molecule has 3 unspecified atom stereocenters. The lowest BCUT2D eigenvalue weighted by Crippen LogP contribution is -2.59. The van der Waals surface area contributed by atoms with Crippen LogP contribution in [0.15, 0.2) is 0 Å². The highest BCUT2D eigenvalue weighted by Crippen LogP contribution is 2.30. The zero-order valence-electron chi connectivity index (χ0n) is 12.3. The van der Waals surface area contributed by atoms with Crippen LogP contribution in [0.25, 0.3) is 0 Å². The van der Waals surface area contributed by atoms with Crippen LogP contribution in [0, 0.1) is 11.3 Å². The highest BCUT2D eigenvalue weighted by molar-refractivity contribution is 5.87. The SMILES string of the molecule is CCC(C)C(NC(=O)C1NCCCC1(C)C)C(=O)O. The fourth-order valence-electron chi connectivity index (χ4n) is 2.58.